The van der Waals surface area contributed by atoms with E-state index in [9.17, 15) is 18.7 Å². The average molecular weight is 399 g/mol. The van der Waals surface area contributed by atoms with Gasteiger partial charge in [0, 0.05) is 13.1 Å². The molecule has 27 heavy (non-hydrogen) atoms. The van der Waals surface area contributed by atoms with Gasteiger partial charge in [-0.3, -0.25) is 9.69 Å². The molecule has 0 aliphatic carbocycles. The van der Waals surface area contributed by atoms with Crippen LogP contribution in [0.15, 0.2) is 0 Å². The second-order valence-electron chi connectivity index (χ2n) is 6.24. The third-order valence-corrected chi connectivity index (χ3v) is 4.02. The Balaban J connectivity index is 0. The first-order chi connectivity index (χ1) is 12.8. The van der Waals surface area contributed by atoms with Gasteiger partial charge in [0.25, 0.3) is 0 Å². The first-order valence-corrected chi connectivity index (χ1v) is 9.51. The summed E-state index contributed by atoms with van der Waals surface area (Å²) in [5, 5.41) is 34.5. The smallest absolute Gasteiger partial charge is 0.371 e. The number of carboxylic acids is 2. The van der Waals surface area contributed by atoms with Crippen molar-refractivity contribution in [1.82, 2.24) is 4.90 Å². The molecular weight excluding hydrogens is 364 g/mol. The fourth-order valence-electron chi connectivity index (χ4n) is 2.61. The van der Waals surface area contributed by atoms with E-state index in [2.05, 4.69) is 6.92 Å². The van der Waals surface area contributed by atoms with Crippen molar-refractivity contribution in [2.45, 2.75) is 77.2 Å². The summed E-state index contributed by atoms with van der Waals surface area (Å²) in [6.45, 7) is 2.64. The van der Waals surface area contributed by atoms with Gasteiger partial charge in [-0.05, 0) is 6.42 Å². The van der Waals surface area contributed by atoms with Crippen molar-refractivity contribution in [3.05, 3.63) is 0 Å². The summed E-state index contributed by atoms with van der Waals surface area (Å²) in [5.41, 5.74) is 0. The van der Waals surface area contributed by atoms with Gasteiger partial charge in [-0.25, -0.2) is 4.79 Å². The Labute approximate surface area is 160 Å². The minimum atomic E-state index is -3.23. The van der Waals surface area contributed by atoms with Crippen molar-refractivity contribution in [1.29, 1.82) is 0 Å². The summed E-state index contributed by atoms with van der Waals surface area (Å²) < 4.78 is 21.1. The minimum absolute atomic E-state index is 0.0821. The molecule has 0 bridgehead atoms. The molecule has 1 unspecified atom stereocenters. The fraction of sp³-hybridized carbons (Fsp3) is 0.889. The van der Waals surface area contributed by atoms with Gasteiger partial charge in [0.1, 0.15) is 6.04 Å². The Morgan fingerprint density at radius 1 is 0.815 bits per heavy atom. The zero-order valence-corrected chi connectivity index (χ0v) is 16.2. The van der Waals surface area contributed by atoms with Gasteiger partial charge in [0.15, 0.2) is 0 Å². The molecule has 0 spiro atoms. The normalized spacial score (nSPS) is 12.0. The molecule has 0 amide bonds. The third-order valence-electron chi connectivity index (χ3n) is 4.02. The number of aliphatic hydroxyl groups excluding tert-OH is 2. The van der Waals surface area contributed by atoms with Crippen LogP contribution in [0, 0.1) is 0 Å². The molecule has 4 N–H and O–H groups in total. The quantitative estimate of drug-likeness (QED) is 0.295. The summed E-state index contributed by atoms with van der Waals surface area (Å²) in [5.74, 6) is -2.94. The molecule has 0 aliphatic heterocycles. The highest BCUT2D eigenvalue weighted by Gasteiger charge is 2.24. The number of unbranched alkanes of at least 4 members (excludes halogenated alkanes) is 7. The van der Waals surface area contributed by atoms with Gasteiger partial charge in [-0.15, -0.1) is 0 Å². The molecule has 0 heterocycles. The zero-order chi connectivity index (χ0) is 21.1. The summed E-state index contributed by atoms with van der Waals surface area (Å²) in [7, 11) is 0. The van der Waals surface area contributed by atoms with Crippen molar-refractivity contribution >= 4 is 11.9 Å². The third kappa shape index (κ3) is 17.8. The monoisotopic (exact) mass is 399 g/mol. The first kappa shape index (κ1) is 27.9. The van der Waals surface area contributed by atoms with E-state index in [-0.39, 0.29) is 13.2 Å². The van der Waals surface area contributed by atoms with Crippen LogP contribution in [0.1, 0.15) is 64.7 Å². The minimum Gasteiger partial charge on any atom is -0.480 e. The van der Waals surface area contributed by atoms with Crippen LogP contribution < -0.4 is 0 Å². The van der Waals surface area contributed by atoms with E-state index in [1.165, 1.54) is 32.1 Å². The molecule has 0 rings (SSSR count). The topological polar surface area (TPSA) is 118 Å². The zero-order valence-electron chi connectivity index (χ0n) is 16.2. The number of halogens is 2. The van der Waals surface area contributed by atoms with Crippen LogP contribution >= 0.6 is 0 Å². The molecular formula is C18H35F2NO6. The SMILES string of the molecule is CCCCCCCCCCC(C(=O)O)N(CCO)CCO.O=C(O)C(F)F. The summed E-state index contributed by atoms with van der Waals surface area (Å²) in [4.78, 5) is 21.9. The first-order valence-electron chi connectivity index (χ1n) is 9.51. The Morgan fingerprint density at radius 3 is 1.56 bits per heavy atom. The van der Waals surface area contributed by atoms with Gasteiger partial charge < -0.3 is 20.4 Å². The van der Waals surface area contributed by atoms with Crippen molar-refractivity contribution in [2.75, 3.05) is 26.3 Å². The molecule has 0 radical (unpaired) electrons. The van der Waals surface area contributed by atoms with E-state index in [1.54, 1.807) is 4.90 Å². The number of hydrogen-bond donors (Lipinski definition) is 4. The molecule has 0 aliphatic rings. The van der Waals surface area contributed by atoms with Crippen LogP contribution in [-0.4, -0.2) is 76.0 Å². The van der Waals surface area contributed by atoms with Gasteiger partial charge in [0.2, 0.25) is 0 Å². The number of alkyl halides is 2. The van der Waals surface area contributed by atoms with E-state index >= 15 is 0 Å². The maximum Gasteiger partial charge on any atom is 0.371 e. The maximum atomic E-state index is 11.3. The predicted molar refractivity (Wildman–Crippen MR) is 98.0 cm³/mol. The van der Waals surface area contributed by atoms with Gasteiger partial charge in [0.05, 0.1) is 13.2 Å². The van der Waals surface area contributed by atoms with Crippen molar-refractivity contribution in [3.8, 4) is 0 Å². The molecule has 0 aromatic rings. The van der Waals surface area contributed by atoms with Crippen molar-refractivity contribution in [3.63, 3.8) is 0 Å². The number of aliphatic hydroxyl groups is 2. The van der Waals surface area contributed by atoms with Crippen LogP contribution in [-0.2, 0) is 9.59 Å². The highest BCUT2D eigenvalue weighted by molar-refractivity contribution is 5.73. The number of hydrogen-bond acceptors (Lipinski definition) is 5. The second-order valence-corrected chi connectivity index (χ2v) is 6.24. The maximum absolute atomic E-state index is 11.3. The molecule has 0 saturated heterocycles. The summed E-state index contributed by atoms with van der Waals surface area (Å²) in [6.07, 6.45) is 6.83. The highest BCUT2D eigenvalue weighted by atomic mass is 19.3. The van der Waals surface area contributed by atoms with Gasteiger partial charge in [-0.2, -0.15) is 8.78 Å². The number of carboxylic acid groups (broad SMARTS) is 2. The Hall–Kier alpha value is -1.32. The number of rotatable bonds is 16. The number of nitrogens with zero attached hydrogens (tertiary/aromatic N) is 1. The summed E-state index contributed by atoms with van der Waals surface area (Å²) in [6, 6.07) is -0.593. The van der Waals surface area contributed by atoms with Crippen LogP contribution in [0.4, 0.5) is 8.78 Å². The lowest BCUT2D eigenvalue weighted by Crippen LogP contribution is -2.44. The van der Waals surface area contributed by atoms with E-state index in [4.69, 9.17) is 20.1 Å². The molecule has 0 aromatic carbocycles. The van der Waals surface area contributed by atoms with Crippen molar-refractivity contribution < 1.29 is 38.8 Å². The molecule has 0 fully saturated rings. The van der Waals surface area contributed by atoms with E-state index in [1.807, 2.05) is 0 Å². The lowest BCUT2D eigenvalue weighted by Gasteiger charge is -2.27. The van der Waals surface area contributed by atoms with E-state index < -0.39 is 24.4 Å². The molecule has 0 saturated carbocycles. The van der Waals surface area contributed by atoms with Gasteiger partial charge in [-0.1, -0.05) is 58.3 Å². The van der Waals surface area contributed by atoms with Gasteiger partial charge >= 0.3 is 18.4 Å². The standard InChI is InChI=1S/C16H33NO4.C2H2F2O2/c1-2-3-4-5-6-7-8-9-10-15(16(20)21)17(11-13-18)12-14-19;3-1(4)2(5)6/h15,18-19H,2-14H2,1H3,(H,20,21);1H,(H,5,6). The van der Waals surface area contributed by atoms with Crippen LogP contribution in [0.5, 0.6) is 0 Å². The Morgan fingerprint density at radius 2 is 1.22 bits per heavy atom. The molecule has 0 aromatic heterocycles. The fourth-order valence-corrected chi connectivity index (χ4v) is 2.61. The number of carbonyl (C=O) groups is 2. The van der Waals surface area contributed by atoms with E-state index in [0.29, 0.717) is 19.5 Å². The molecule has 162 valence electrons. The lowest BCUT2D eigenvalue weighted by atomic mass is 10.0. The number of aliphatic carboxylic acids is 2. The average Bonchev–Trinajstić information content (AvgIpc) is 2.60. The van der Waals surface area contributed by atoms with Crippen LogP contribution in [0.25, 0.3) is 0 Å². The Kier molecular flexibility index (Phi) is 20.1. The summed E-state index contributed by atoms with van der Waals surface area (Å²) >= 11 is 0. The van der Waals surface area contributed by atoms with Crippen LogP contribution in [0.2, 0.25) is 0 Å². The van der Waals surface area contributed by atoms with Crippen LogP contribution in [0.3, 0.4) is 0 Å². The lowest BCUT2D eigenvalue weighted by molar-refractivity contribution is -0.149. The Bertz CT molecular complexity index is 366. The molecule has 1 atom stereocenters. The molecule has 9 heteroatoms. The molecule has 7 nitrogen and oxygen atoms in total. The second kappa shape index (κ2) is 19.4. The predicted octanol–water partition coefficient (Wildman–Crippen LogP) is 2.59. The van der Waals surface area contributed by atoms with Crippen molar-refractivity contribution in [2.24, 2.45) is 0 Å². The largest absolute Gasteiger partial charge is 0.480 e. The van der Waals surface area contributed by atoms with E-state index in [0.717, 1.165) is 19.3 Å². The highest BCUT2D eigenvalue weighted by Crippen LogP contribution is 2.13.